The zero-order valence-corrected chi connectivity index (χ0v) is 9.90. The summed E-state index contributed by atoms with van der Waals surface area (Å²) in [6.45, 7) is 8.49. The monoisotopic (exact) mass is 207 g/mol. The second kappa shape index (κ2) is 5.71. The van der Waals surface area contributed by atoms with E-state index in [1.807, 2.05) is 12.1 Å². The molecule has 1 rings (SSSR count). The molecule has 1 aromatic heterocycles. The van der Waals surface area contributed by atoms with E-state index in [4.69, 9.17) is 5.73 Å². The molecule has 0 fully saturated rings. The summed E-state index contributed by atoms with van der Waals surface area (Å²) < 4.78 is 0. The van der Waals surface area contributed by atoms with Gasteiger partial charge in [0.25, 0.3) is 0 Å². The molecular weight excluding hydrogens is 186 g/mol. The minimum atomic E-state index is 0.580. The molecule has 0 bridgehead atoms. The van der Waals surface area contributed by atoms with Crippen molar-refractivity contribution >= 4 is 5.69 Å². The summed E-state index contributed by atoms with van der Waals surface area (Å²) >= 11 is 0. The molecule has 1 atom stereocenters. The van der Waals surface area contributed by atoms with Crippen molar-refractivity contribution in [2.75, 3.05) is 12.3 Å². The van der Waals surface area contributed by atoms with Gasteiger partial charge in [0.05, 0.1) is 11.4 Å². The van der Waals surface area contributed by atoms with Gasteiger partial charge in [0, 0.05) is 18.8 Å². The van der Waals surface area contributed by atoms with Crippen LogP contribution in [0.4, 0.5) is 5.69 Å². The maximum absolute atomic E-state index is 5.88. The van der Waals surface area contributed by atoms with E-state index in [1.54, 1.807) is 6.20 Å². The highest BCUT2D eigenvalue weighted by Crippen LogP contribution is 2.13. The standard InChI is InChI=1S/C12H21N3/c1-4-10(3)15(5-2)9-12-11(13)7-6-8-14-12/h6-8,10H,4-5,9,13H2,1-3H3. The number of anilines is 1. The Morgan fingerprint density at radius 2 is 2.20 bits per heavy atom. The van der Waals surface area contributed by atoms with Crippen molar-refractivity contribution < 1.29 is 0 Å². The van der Waals surface area contributed by atoms with Crippen molar-refractivity contribution in [1.82, 2.24) is 9.88 Å². The minimum absolute atomic E-state index is 0.580. The Hall–Kier alpha value is -1.09. The SMILES string of the molecule is CCC(C)N(CC)Cc1ncccc1N. The van der Waals surface area contributed by atoms with Crippen molar-refractivity contribution in [2.24, 2.45) is 0 Å². The number of aromatic nitrogens is 1. The predicted molar refractivity (Wildman–Crippen MR) is 64.5 cm³/mol. The molecule has 0 spiro atoms. The maximum atomic E-state index is 5.88. The van der Waals surface area contributed by atoms with E-state index in [1.165, 1.54) is 0 Å². The number of nitrogens with two attached hydrogens (primary N) is 1. The molecule has 3 nitrogen and oxygen atoms in total. The third-order valence-electron chi connectivity index (χ3n) is 2.90. The number of rotatable bonds is 5. The third kappa shape index (κ3) is 3.20. The smallest absolute Gasteiger partial charge is 0.0772 e. The van der Waals surface area contributed by atoms with Gasteiger partial charge < -0.3 is 5.73 Å². The van der Waals surface area contributed by atoms with Gasteiger partial charge in [-0.15, -0.1) is 0 Å². The van der Waals surface area contributed by atoms with Crippen LogP contribution < -0.4 is 5.73 Å². The van der Waals surface area contributed by atoms with Crippen LogP contribution in [0.5, 0.6) is 0 Å². The average Bonchev–Trinajstić information content (AvgIpc) is 2.27. The van der Waals surface area contributed by atoms with Crippen LogP contribution in [0.2, 0.25) is 0 Å². The molecule has 1 unspecified atom stereocenters. The molecule has 0 radical (unpaired) electrons. The molecule has 3 heteroatoms. The Labute approximate surface area is 92.3 Å². The number of hydrogen-bond donors (Lipinski definition) is 1. The first kappa shape index (κ1) is 12.0. The Balaban J connectivity index is 2.71. The van der Waals surface area contributed by atoms with E-state index >= 15 is 0 Å². The lowest BCUT2D eigenvalue weighted by atomic mass is 10.2. The van der Waals surface area contributed by atoms with Crippen molar-refractivity contribution in [3.05, 3.63) is 24.0 Å². The summed E-state index contributed by atoms with van der Waals surface area (Å²) in [5.74, 6) is 0. The summed E-state index contributed by atoms with van der Waals surface area (Å²) in [6, 6.07) is 4.36. The van der Waals surface area contributed by atoms with Crippen LogP contribution in [0.3, 0.4) is 0 Å². The number of hydrogen-bond acceptors (Lipinski definition) is 3. The molecule has 0 aromatic carbocycles. The van der Waals surface area contributed by atoms with Crippen molar-refractivity contribution in [3.8, 4) is 0 Å². The maximum Gasteiger partial charge on any atom is 0.0772 e. The van der Waals surface area contributed by atoms with E-state index in [-0.39, 0.29) is 0 Å². The van der Waals surface area contributed by atoms with Gasteiger partial charge in [0.1, 0.15) is 0 Å². The first-order chi connectivity index (χ1) is 7.19. The molecule has 0 amide bonds. The van der Waals surface area contributed by atoms with Gasteiger partial charge >= 0.3 is 0 Å². The number of nitrogens with zero attached hydrogens (tertiary/aromatic N) is 2. The number of nitrogen functional groups attached to an aromatic ring is 1. The van der Waals surface area contributed by atoms with Gasteiger partial charge in [0.15, 0.2) is 0 Å². The normalized spacial score (nSPS) is 13.1. The summed E-state index contributed by atoms with van der Waals surface area (Å²) in [4.78, 5) is 6.70. The Kier molecular flexibility index (Phi) is 4.56. The predicted octanol–water partition coefficient (Wildman–Crippen LogP) is 2.28. The molecule has 2 N–H and O–H groups in total. The largest absolute Gasteiger partial charge is 0.397 e. The van der Waals surface area contributed by atoms with E-state index in [0.29, 0.717) is 6.04 Å². The Bertz CT molecular complexity index is 299. The lowest BCUT2D eigenvalue weighted by Crippen LogP contribution is -2.32. The zero-order chi connectivity index (χ0) is 11.3. The molecular formula is C12H21N3. The average molecular weight is 207 g/mol. The van der Waals surface area contributed by atoms with E-state index in [0.717, 1.165) is 30.9 Å². The molecule has 0 aliphatic carbocycles. The van der Waals surface area contributed by atoms with Crippen molar-refractivity contribution in [2.45, 2.75) is 39.8 Å². The van der Waals surface area contributed by atoms with Crippen LogP contribution in [0.25, 0.3) is 0 Å². The molecule has 0 saturated heterocycles. The zero-order valence-electron chi connectivity index (χ0n) is 9.90. The molecule has 0 aliphatic heterocycles. The van der Waals surface area contributed by atoms with Crippen LogP contribution in [-0.2, 0) is 6.54 Å². The molecule has 15 heavy (non-hydrogen) atoms. The fraction of sp³-hybridized carbons (Fsp3) is 0.583. The number of pyridine rings is 1. The lowest BCUT2D eigenvalue weighted by Gasteiger charge is -2.26. The molecule has 0 saturated carbocycles. The lowest BCUT2D eigenvalue weighted by molar-refractivity contribution is 0.204. The van der Waals surface area contributed by atoms with E-state index in [2.05, 4.69) is 30.7 Å². The quantitative estimate of drug-likeness (QED) is 0.805. The minimum Gasteiger partial charge on any atom is -0.397 e. The first-order valence-corrected chi connectivity index (χ1v) is 5.62. The molecule has 0 aliphatic rings. The van der Waals surface area contributed by atoms with Gasteiger partial charge in [-0.2, -0.15) is 0 Å². The molecule has 1 heterocycles. The van der Waals surface area contributed by atoms with Gasteiger partial charge in [-0.25, -0.2) is 0 Å². The van der Waals surface area contributed by atoms with Crippen LogP contribution in [0, 0.1) is 0 Å². The summed E-state index contributed by atoms with van der Waals surface area (Å²) in [5.41, 5.74) is 7.65. The van der Waals surface area contributed by atoms with Gasteiger partial charge in [-0.3, -0.25) is 9.88 Å². The summed E-state index contributed by atoms with van der Waals surface area (Å²) in [7, 11) is 0. The topological polar surface area (TPSA) is 42.2 Å². The van der Waals surface area contributed by atoms with Crippen LogP contribution in [0.1, 0.15) is 32.9 Å². The van der Waals surface area contributed by atoms with Gasteiger partial charge in [0.2, 0.25) is 0 Å². The summed E-state index contributed by atoms with van der Waals surface area (Å²) in [6.07, 6.45) is 2.96. The van der Waals surface area contributed by atoms with Crippen molar-refractivity contribution in [3.63, 3.8) is 0 Å². The fourth-order valence-corrected chi connectivity index (χ4v) is 1.61. The Morgan fingerprint density at radius 1 is 1.47 bits per heavy atom. The highest BCUT2D eigenvalue weighted by Gasteiger charge is 2.12. The van der Waals surface area contributed by atoms with Gasteiger partial charge in [-0.05, 0) is 32.0 Å². The Morgan fingerprint density at radius 3 is 2.73 bits per heavy atom. The van der Waals surface area contributed by atoms with Crippen molar-refractivity contribution in [1.29, 1.82) is 0 Å². The summed E-state index contributed by atoms with van der Waals surface area (Å²) in [5, 5.41) is 0. The third-order valence-corrected chi connectivity index (χ3v) is 2.90. The highest BCUT2D eigenvalue weighted by molar-refractivity contribution is 5.41. The van der Waals surface area contributed by atoms with Crippen LogP contribution in [0.15, 0.2) is 18.3 Å². The second-order valence-corrected chi connectivity index (χ2v) is 3.86. The second-order valence-electron chi connectivity index (χ2n) is 3.86. The fourth-order valence-electron chi connectivity index (χ4n) is 1.61. The molecule has 84 valence electrons. The first-order valence-electron chi connectivity index (χ1n) is 5.62. The van der Waals surface area contributed by atoms with Crippen LogP contribution >= 0.6 is 0 Å². The molecule has 1 aromatic rings. The van der Waals surface area contributed by atoms with E-state index < -0.39 is 0 Å². The highest BCUT2D eigenvalue weighted by atomic mass is 15.1. The van der Waals surface area contributed by atoms with Crippen LogP contribution in [-0.4, -0.2) is 22.5 Å². The van der Waals surface area contributed by atoms with Gasteiger partial charge in [-0.1, -0.05) is 13.8 Å². The van der Waals surface area contributed by atoms with E-state index in [9.17, 15) is 0 Å².